The predicted molar refractivity (Wildman–Crippen MR) is 189 cm³/mol. The van der Waals surface area contributed by atoms with Crippen molar-refractivity contribution >= 4 is 34.8 Å². The maximum Gasteiger partial charge on any atom is 0.258 e. The molecule has 5 aromatic rings. The highest BCUT2D eigenvalue weighted by molar-refractivity contribution is 6.30. The van der Waals surface area contributed by atoms with E-state index in [-0.39, 0.29) is 28.1 Å². The molecule has 0 spiro atoms. The molecule has 50 heavy (non-hydrogen) atoms. The molecule has 2 aromatic heterocycles. The molecule has 0 saturated carbocycles. The average Bonchev–Trinajstić information content (AvgIpc) is 3.83. The number of benzene rings is 3. The van der Waals surface area contributed by atoms with Gasteiger partial charge in [-0.2, -0.15) is 9.90 Å². The van der Waals surface area contributed by atoms with Crippen molar-refractivity contribution < 1.29 is 14.0 Å². The van der Waals surface area contributed by atoms with Gasteiger partial charge in [0, 0.05) is 48.8 Å². The molecule has 258 valence electrons. The molecule has 0 radical (unpaired) electrons. The number of hydrogen-bond acceptors (Lipinski definition) is 8. The predicted octanol–water partition coefficient (Wildman–Crippen LogP) is 5.25. The van der Waals surface area contributed by atoms with E-state index in [4.69, 9.17) is 11.6 Å². The number of aryl methyl sites for hydroxylation is 1. The van der Waals surface area contributed by atoms with Gasteiger partial charge in [0.15, 0.2) is 5.82 Å². The highest BCUT2D eigenvalue weighted by Crippen LogP contribution is 2.38. The van der Waals surface area contributed by atoms with Crippen LogP contribution in [0.1, 0.15) is 47.3 Å². The van der Waals surface area contributed by atoms with Crippen LogP contribution in [0.5, 0.6) is 0 Å². The summed E-state index contributed by atoms with van der Waals surface area (Å²) in [5, 5.41) is 19.8. The smallest absolute Gasteiger partial charge is 0.258 e. The molecular formula is C36H38ClFN10O2. The third-order valence-electron chi connectivity index (χ3n) is 9.60. The number of anilines is 2. The number of rotatable bonds is 8. The maximum absolute atomic E-state index is 14.8. The van der Waals surface area contributed by atoms with Gasteiger partial charge in [0.25, 0.3) is 11.8 Å². The van der Waals surface area contributed by atoms with Crippen molar-refractivity contribution in [3.8, 4) is 17.1 Å². The molecule has 1 N–H and O–H groups in total. The number of carbonyl (C=O) groups excluding carboxylic acids is 2. The van der Waals surface area contributed by atoms with Gasteiger partial charge in [0.1, 0.15) is 11.7 Å². The third-order valence-corrected chi connectivity index (χ3v) is 9.89. The minimum atomic E-state index is -0.928. The highest BCUT2D eigenvalue weighted by Gasteiger charge is 2.38. The van der Waals surface area contributed by atoms with E-state index in [0.717, 1.165) is 48.3 Å². The summed E-state index contributed by atoms with van der Waals surface area (Å²) in [6, 6.07) is 17.4. The fraction of sp³-hybridized carbons (Fsp3) is 0.333. The largest absolute Gasteiger partial charge is 0.371 e. The molecule has 2 aliphatic rings. The van der Waals surface area contributed by atoms with Gasteiger partial charge >= 0.3 is 0 Å². The number of carbonyl (C=O) groups is 2. The standard InChI is InChI=1S/C36H38ClFN10O2/c1-4-48-42-34(41-43-48)23-11-13-25(14-12-23)40-35(49)33-28-7-5-9-30(45-18-15-26(16-19-45)44(2)3)27(28)17-20-46(33)36(50)24-21-39-47(22-24)31-10-6-8-29(37)32(31)38/h5-14,21-22,26,33H,4,15-20H2,1-3H3,(H,40,49). The Morgan fingerprint density at radius 2 is 1.74 bits per heavy atom. The van der Waals surface area contributed by atoms with Crippen LogP contribution < -0.4 is 10.2 Å². The van der Waals surface area contributed by atoms with Crippen molar-refractivity contribution in [1.82, 2.24) is 39.8 Å². The Morgan fingerprint density at radius 1 is 1.00 bits per heavy atom. The number of tetrazole rings is 1. The van der Waals surface area contributed by atoms with Crippen LogP contribution in [0.2, 0.25) is 5.02 Å². The van der Waals surface area contributed by atoms with Crippen molar-refractivity contribution in [2.75, 3.05) is 43.9 Å². The van der Waals surface area contributed by atoms with E-state index in [0.29, 0.717) is 37.1 Å². The third kappa shape index (κ3) is 6.46. The van der Waals surface area contributed by atoms with E-state index in [1.54, 1.807) is 23.1 Å². The van der Waals surface area contributed by atoms with Crippen LogP contribution in [0.15, 0.2) is 73.1 Å². The van der Waals surface area contributed by atoms with E-state index >= 15 is 0 Å². The lowest BCUT2D eigenvalue weighted by Crippen LogP contribution is -2.46. The number of halogens is 2. The first-order valence-corrected chi connectivity index (χ1v) is 17.1. The first-order valence-electron chi connectivity index (χ1n) is 16.7. The van der Waals surface area contributed by atoms with Crippen LogP contribution in [0.4, 0.5) is 15.8 Å². The van der Waals surface area contributed by atoms with Gasteiger partial charge in [-0.3, -0.25) is 9.59 Å². The minimum Gasteiger partial charge on any atom is -0.371 e. The van der Waals surface area contributed by atoms with Crippen LogP contribution in [0.25, 0.3) is 17.1 Å². The normalized spacial score (nSPS) is 16.5. The number of nitrogens with one attached hydrogen (secondary N) is 1. The van der Waals surface area contributed by atoms with Gasteiger partial charge in [-0.05, 0) is 99.1 Å². The zero-order chi connectivity index (χ0) is 34.9. The molecule has 2 amide bonds. The van der Waals surface area contributed by atoms with Gasteiger partial charge in [-0.25, -0.2) is 9.07 Å². The van der Waals surface area contributed by atoms with E-state index in [1.807, 2.05) is 31.2 Å². The second kappa shape index (κ2) is 14.0. The molecule has 14 heteroatoms. The molecule has 7 rings (SSSR count). The van der Waals surface area contributed by atoms with Crippen LogP contribution >= 0.6 is 11.6 Å². The number of hydrogen-bond donors (Lipinski definition) is 1. The Hall–Kier alpha value is -5.14. The Bertz CT molecular complexity index is 2020. The summed E-state index contributed by atoms with van der Waals surface area (Å²) in [6.45, 7) is 4.66. The summed E-state index contributed by atoms with van der Waals surface area (Å²) in [6.07, 6.45) is 5.52. The lowest BCUT2D eigenvalue weighted by atomic mass is 9.89. The molecule has 12 nitrogen and oxygen atoms in total. The molecule has 0 bridgehead atoms. The molecule has 1 fully saturated rings. The van der Waals surface area contributed by atoms with Gasteiger partial charge in [-0.15, -0.1) is 10.2 Å². The second-order valence-corrected chi connectivity index (χ2v) is 13.2. The average molecular weight is 697 g/mol. The van der Waals surface area contributed by atoms with Gasteiger partial charge in [0.2, 0.25) is 5.82 Å². The van der Waals surface area contributed by atoms with Crippen LogP contribution in [-0.4, -0.2) is 91.4 Å². The number of aromatic nitrogens is 6. The molecule has 1 unspecified atom stereocenters. The summed E-state index contributed by atoms with van der Waals surface area (Å²) in [5.74, 6) is -0.886. The fourth-order valence-corrected chi connectivity index (χ4v) is 7.05. The first-order chi connectivity index (χ1) is 24.2. The number of fused-ring (bicyclic) bond motifs is 1. The van der Waals surface area contributed by atoms with Crippen molar-refractivity contribution in [2.45, 2.75) is 44.8 Å². The highest BCUT2D eigenvalue weighted by atomic mass is 35.5. The van der Waals surface area contributed by atoms with Crippen molar-refractivity contribution in [2.24, 2.45) is 0 Å². The van der Waals surface area contributed by atoms with E-state index < -0.39 is 11.9 Å². The van der Waals surface area contributed by atoms with E-state index in [9.17, 15) is 14.0 Å². The van der Waals surface area contributed by atoms with Crippen LogP contribution in [-0.2, 0) is 17.8 Å². The Kier molecular flexibility index (Phi) is 9.34. The zero-order valence-corrected chi connectivity index (χ0v) is 28.9. The lowest BCUT2D eigenvalue weighted by Gasteiger charge is -2.41. The van der Waals surface area contributed by atoms with E-state index in [1.165, 1.54) is 34.0 Å². The Balaban J connectivity index is 1.20. The molecule has 4 heterocycles. The summed E-state index contributed by atoms with van der Waals surface area (Å²) in [5.41, 5.74) is 4.62. The molecule has 0 aliphatic carbocycles. The van der Waals surface area contributed by atoms with Crippen molar-refractivity contribution in [3.05, 3.63) is 101 Å². The first kappa shape index (κ1) is 33.4. The Labute approximate surface area is 294 Å². The Morgan fingerprint density at radius 3 is 2.46 bits per heavy atom. The number of piperidine rings is 1. The molecule has 1 atom stereocenters. The number of nitrogens with zero attached hydrogens (tertiary/aromatic N) is 9. The quantitative estimate of drug-likeness (QED) is 0.234. The topological polar surface area (TPSA) is 117 Å². The second-order valence-electron chi connectivity index (χ2n) is 12.8. The van der Waals surface area contributed by atoms with E-state index in [2.05, 4.69) is 55.8 Å². The number of amides is 2. The SMILES string of the molecule is CCn1nnc(-c2ccc(NC(=O)C3c4cccc(N5CCC(N(C)C)CC5)c4CCN3C(=O)c3cnn(-c4cccc(Cl)c4F)c3)cc2)n1. The molecule has 3 aromatic carbocycles. The summed E-state index contributed by atoms with van der Waals surface area (Å²) >= 11 is 6.01. The summed E-state index contributed by atoms with van der Waals surface area (Å²) in [4.78, 5) is 36.3. The lowest BCUT2D eigenvalue weighted by molar-refractivity contribution is -0.121. The van der Waals surface area contributed by atoms with Gasteiger partial charge in [0.05, 0.1) is 23.3 Å². The van der Waals surface area contributed by atoms with Crippen LogP contribution in [0, 0.1) is 5.82 Å². The van der Waals surface area contributed by atoms with Crippen molar-refractivity contribution in [3.63, 3.8) is 0 Å². The maximum atomic E-state index is 14.8. The monoisotopic (exact) mass is 696 g/mol. The molecule has 2 aliphatic heterocycles. The zero-order valence-electron chi connectivity index (χ0n) is 28.1. The van der Waals surface area contributed by atoms with Gasteiger partial charge in [-0.1, -0.05) is 29.8 Å². The summed E-state index contributed by atoms with van der Waals surface area (Å²) < 4.78 is 16.1. The minimum absolute atomic E-state index is 0.0476. The van der Waals surface area contributed by atoms with Crippen LogP contribution in [0.3, 0.4) is 0 Å². The molecular weight excluding hydrogens is 659 g/mol. The molecule has 1 saturated heterocycles. The van der Waals surface area contributed by atoms with Gasteiger partial charge < -0.3 is 20.0 Å². The fourth-order valence-electron chi connectivity index (χ4n) is 6.88. The summed E-state index contributed by atoms with van der Waals surface area (Å²) in [7, 11) is 4.24. The van der Waals surface area contributed by atoms with Crippen molar-refractivity contribution in [1.29, 1.82) is 0 Å².